The average Bonchev–Trinajstić information content (AvgIpc) is 3.42. The predicted octanol–water partition coefficient (Wildman–Crippen LogP) is 3.49. The number of carbonyl (C=O) groups excluding carboxylic acids is 1. The van der Waals surface area contributed by atoms with Gasteiger partial charge in [-0.3, -0.25) is 0 Å². The zero-order valence-corrected chi connectivity index (χ0v) is 16.6. The van der Waals surface area contributed by atoms with Gasteiger partial charge in [0.2, 0.25) is 0 Å². The minimum absolute atomic E-state index is 0.157. The van der Waals surface area contributed by atoms with Gasteiger partial charge in [-0.2, -0.15) is 10.4 Å². The molecule has 4 aromatic rings. The lowest BCUT2D eigenvalue weighted by Gasteiger charge is -2.09. The van der Waals surface area contributed by atoms with Crippen molar-refractivity contribution in [3.63, 3.8) is 0 Å². The summed E-state index contributed by atoms with van der Waals surface area (Å²) in [5, 5.41) is 14.5. The van der Waals surface area contributed by atoms with Crippen LogP contribution in [-0.4, -0.2) is 20.3 Å². The fourth-order valence-electron chi connectivity index (χ4n) is 3.19. The van der Waals surface area contributed by atoms with Crippen molar-refractivity contribution in [3.05, 3.63) is 70.1 Å². The lowest BCUT2D eigenvalue weighted by atomic mass is 10.1. The first-order valence-corrected chi connectivity index (χ1v) is 9.23. The van der Waals surface area contributed by atoms with Crippen molar-refractivity contribution in [2.45, 2.75) is 33.4 Å². The molecule has 0 fully saturated rings. The van der Waals surface area contributed by atoms with Crippen LogP contribution in [0.4, 0.5) is 0 Å². The topological polar surface area (TPSA) is 116 Å². The molecule has 0 radical (unpaired) electrons. The molecule has 0 amide bonds. The number of hydrogen-bond donors (Lipinski definition) is 0. The Morgan fingerprint density at radius 3 is 2.77 bits per heavy atom. The molecule has 152 valence electrons. The molecule has 9 heteroatoms. The molecule has 0 saturated carbocycles. The quantitative estimate of drug-likeness (QED) is 0.466. The van der Waals surface area contributed by atoms with Crippen LogP contribution in [0.1, 0.15) is 47.3 Å². The van der Waals surface area contributed by atoms with Gasteiger partial charge in [0.05, 0.1) is 23.0 Å². The van der Waals surface area contributed by atoms with Crippen LogP contribution in [0.15, 0.2) is 50.4 Å². The van der Waals surface area contributed by atoms with E-state index in [0.717, 1.165) is 10.9 Å². The third-order valence-corrected chi connectivity index (χ3v) is 4.75. The molecule has 0 bridgehead atoms. The van der Waals surface area contributed by atoms with Crippen molar-refractivity contribution >= 4 is 16.9 Å². The zero-order chi connectivity index (χ0) is 21.4. The summed E-state index contributed by atoms with van der Waals surface area (Å²) in [4.78, 5) is 23.4. The SMILES string of the molecule is Cc1oc(=O)oc1COC(=O)c1cnn(-c2ccc3c(c2)c(C#N)cn3C(C)C)c1. The molecule has 0 aliphatic heterocycles. The van der Waals surface area contributed by atoms with E-state index in [0.29, 0.717) is 11.3 Å². The number of benzene rings is 1. The van der Waals surface area contributed by atoms with Crippen molar-refractivity contribution in [2.24, 2.45) is 0 Å². The first-order valence-electron chi connectivity index (χ1n) is 9.23. The van der Waals surface area contributed by atoms with Gasteiger partial charge in [-0.05, 0) is 39.0 Å². The van der Waals surface area contributed by atoms with Crippen LogP contribution in [0.5, 0.6) is 0 Å². The molecule has 0 spiro atoms. The van der Waals surface area contributed by atoms with Crippen LogP contribution < -0.4 is 5.82 Å². The second-order valence-electron chi connectivity index (χ2n) is 7.04. The van der Waals surface area contributed by atoms with Gasteiger partial charge in [0, 0.05) is 29.3 Å². The maximum absolute atomic E-state index is 12.3. The van der Waals surface area contributed by atoms with Crippen LogP contribution in [0, 0.1) is 18.3 Å². The van der Waals surface area contributed by atoms with Crippen LogP contribution in [-0.2, 0) is 11.3 Å². The summed E-state index contributed by atoms with van der Waals surface area (Å²) in [6, 6.07) is 8.09. The van der Waals surface area contributed by atoms with Crippen LogP contribution >= 0.6 is 0 Å². The highest BCUT2D eigenvalue weighted by molar-refractivity contribution is 5.90. The maximum atomic E-state index is 12.3. The standard InChI is InChI=1S/C21H18N4O5/c1-12(2)24-9-14(7-22)17-6-16(4-5-18(17)24)25-10-15(8-23-25)20(26)28-11-19-13(3)29-21(27)30-19/h4-6,8-10,12H,11H2,1-3H3. The summed E-state index contributed by atoms with van der Waals surface area (Å²) in [5.41, 5.74) is 2.47. The molecule has 0 atom stereocenters. The van der Waals surface area contributed by atoms with E-state index >= 15 is 0 Å². The van der Waals surface area contributed by atoms with Gasteiger partial charge in [0.15, 0.2) is 18.1 Å². The van der Waals surface area contributed by atoms with Gasteiger partial charge in [0.25, 0.3) is 0 Å². The van der Waals surface area contributed by atoms with E-state index in [1.165, 1.54) is 17.1 Å². The third kappa shape index (κ3) is 3.39. The van der Waals surface area contributed by atoms with Crippen LogP contribution in [0.3, 0.4) is 0 Å². The molecule has 30 heavy (non-hydrogen) atoms. The Labute approximate surface area is 170 Å². The highest BCUT2D eigenvalue weighted by Crippen LogP contribution is 2.26. The third-order valence-electron chi connectivity index (χ3n) is 4.75. The number of aromatic nitrogens is 3. The molecule has 0 N–H and O–H groups in total. The molecule has 1 aromatic carbocycles. The van der Waals surface area contributed by atoms with Crippen molar-refractivity contribution < 1.29 is 18.4 Å². The van der Waals surface area contributed by atoms with Gasteiger partial charge in [-0.15, -0.1) is 0 Å². The number of nitriles is 1. The summed E-state index contributed by atoms with van der Waals surface area (Å²) in [5.74, 6) is -1.04. The van der Waals surface area contributed by atoms with Gasteiger partial charge in [-0.1, -0.05) is 0 Å². The van der Waals surface area contributed by atoms with Gasteiger partial charge in [-0.25, -0.2) is 14.3 Å². The highest BCUT2D eigenvalue weighted by Gasteiger charge is 2.16. The first-order chi connectivity index (χ1) is 14.4. The van der Waals surface area contributed by atoms with Crippen molar-refractivity contribution in [3.8, 4) is 11.8 Å². The number of hydrogen-bond acceptors (Lipinski definition) is 7. The number of aryl methyl sites for hydroxylation is 1. The number of fused-ring (bicyclic) bond motifs is 1. The van der Waals surface area contributed by atoms with Gasteiger partial charge in [0.1, 0.15) is 6.07 Å². The fourth-order valence-corrected chi connectivity index (χ4v) is 3.19. The molecule has 0 unspecified atom stereocenters. The Hall–Kier alpha value is -4.06. The highest BCUT2D eigenvalue weighted by atomic mass is 16.6. The number of carbonyl (C=O) groups is 1. The fraction of sp³-hybridized carbons (Fsp3) is 0.238. The predicted molar refractivity (Wildman–Crippen MR) is 105 cm³/mol. The Morgan fingerprint density at radius 1 is 1.30 bits per heavy atom. The van der Waals surface area contributed by atoms with E-state index in [4.69, 9.17) is 13.6 Å². The van der Waals surface area contributed by atoms with Crippen molar-refractivity contribution in [1.29, 1.82) is 5.26 Å². The minimum Gasteiger partial charge on any atom is -0.454 e. The summed E-state index contributed by atoms with van der Waals surface area (Å²) >= 11 is 0. The van der Waals surface area contributed by atoms with E-state index in [2.05, 4.69) is 25.0 Å². The molecule has 0 saturated heterocycles. The largest absolute Gasteiger partial charge is 0.519 e. The summed E-state index contributed by atoms with van der Waals surface area (Å²) in [6.07, 6.45) is 4.75. The van der Waals surface area contributed by atoms with Crippen molar-refractivity contribution in [1.82, 2.24) is 14.3 Å². The first kappa shape index (κ1) is 19.3. The van der Waals surface area contributed by atoms with Crippen molar-refractivity contribution in [2.75, 3.05) is 0 Å². The number of ether oxygens (including phenoxy) is 1. The van der Waals surface area contributed by atoms with E-state index in [-0.39, 0.29) is 29.7 Å². The Kier molecular flexibility index (Phi) is 4.75. The molecule has 3 aromatic heterocycles. The minimum atomic E-state index is -0.843. The Bertz CT molecular complexity index is 1350. The monoisotopic (exact) mass is 406 g/mol. The Balaban J connectivity index is 1.58. The van der Waals surface area contributed by atoms with Gasteiger partial charge >= 0.3 is 11.8 Å². The lowest BCUT2D eigenvalue weighted by Crippen LogP contribution is -2.04. The normalized spacial score (nSPS) is 11.2. The molecule has 0 aliphatic rings. The number of nitrogens with zero attached hydrogens (tertiary/aromatic N) is 4. The molecular formula is C21H18N4O5. The Morgan fingerprint density at radius 2 is 2.10 bits per heavy atom. The zero-order valence-electron chi connectivity index (χ0n) is 16.6. The van der Waals surface area contributed by atoms with E-state index in [9.17, 15) is 14.9 Å². The van der Waals surface area contributed by atoms with E-state index in [1.807, 2.05) is 29.0 Å². The van der Waals surface area contributed by atoms with E-state index in [1.54, 1.807) is 6.92 Å². The van der Waals surface area contributed by atoms with E-state index < -0.39 is 11.8 Å². The smallest absolute Gasteiger partial charge is 0.454 e. The number of rotatable bonds is 5. The molecular weight excluding hydrogens is 388 g/mol. The second kappa shape index (κ2) is 7.40. The molecule has 4 rings (SSSR count). The summed E-state index contributed by atoms with van der Waals surface area (Å²) in [7, 11) is 0. The second-order valence-corrected chi connectivity index (χ2v) is 7.04. The van der Waals surface area contributed by atoms with Crippen LogP contribution in [0.25, 0.3) is 16.6 Å². The summed E-state index contributed by atoms with van der Waals surface area (Å²) in [6.45, 7) is 5.43. The maximum Gasteiger partial charge on any atom is 0.519 e. The summed E-state index contributed by atoms with van der Waals surface area (Å²) < 4.78 is 18.3. The van der Waals surface area contributed by atoms with Crippen LogP contribution in [0.2, 0.25) is 0 Å². The lowest BCUT2D eigenvalue weighted by molar-refractivity contribution is 0.0443. The average molecular weight is 406 g/mol. The molecule has 0 aliphatic carbocycles. The molecule has 3 heterocycles. The van der Waals surface area contributed by atoms with Gasteiger partial charge < -0.3 is 18.1 Å². The number of esters is 1. The molecule has 9 nitrogen and oxygen atoms in total.